The van der Waals surface area contributed by atoms with Gasteiger partial charge in [-0.15, -0.1) is 0 Å². The molecular weight excluding hydrogens is 216 g/mol. The van der Waals surface area contributed by atoms with E-state index in [1.165, 1.54) is 0 Å². The predicted octanol–water partition coefficient (Wildman–Crippen LogP) is -0.668. The van der Waals surface area contributed by atoms with Crippen molar-refractivity contribution in [2.45, 2.75) is 31.5 Å². The fourth-order valence-corrected chi connectivity index (χ4v) is 2.56. The highest BCUT2D eigenvalue weighted by atomic mass is 32.2. The average Bonchev–Trinajstić information content (AvgIpc) is 2.36. The molecule has 1 aromatic rings. The second kappa shape index (κ2) is 3.58. The molecule has 0 fully saturated rings. The van der Waals surface area contributed by atoms with Crippen LogP contribution < -0.4 is 10.5 Å². The summed E-state index contributed by atoms with van der Waals surface area (Å²) < 4.78 is 24.2. The number of sulfonamides is 1. The Morgan fingerprint density at radius 2 is 2.27 bits per heavy atom. The molecule has 0 atom stereocenters. The fourth-order valence-electron chi connectivity index (χ4n) is 1.80. The summed E-state index contributed by atoms with van der Waals surface area (Å²) in [6, 6.07) is 0. The first-order valence-corrected chi connectivity index (χ1v) is 6.34. The number of nitrogens with two attached hydrogens (primary N) is 1. The van der Waals surface area contributed by atoms with E-state index in [-0.39, 0.29) is 5.03 Å². The van der Waals surface area contributed by atoms with Crippen LogP contribution in [0.2, 0.25) is 0 Å². The molecule has 1 aliphatic heterocycles. The molecule has 0 amide bonds. The number of nitrogens with zero attached hydrogens (tertiary/aromatic N) is 2. The highest BCUT2D eigenvalue weighted by Crippen LogP contribution is 2.18. The molecule has 0 spiro atoms. The Labute approximate surface area is 88.5 Å². The van der Waals surface area contributed by atoms with Gasteiger partial charge in [-0.1, -0.05) is 0 Å². The van der Waals surface area contributed by atoms with Crippen molar-refractivity contribution in [2.24, 2.45) is 5.14 Å². The lowest BCUT2D eigenvalue weighted by Gasteiger charge is -2.00. The Balaban J connectivity index is 2.54. The van der Waals surface area contributed by atoms with Gasteiger partial charge in [0.05, 0.1) is 5.69 Å². The summed E-state index contributed by atoms with van der Waals surface area (Å²) >= 11 is 0. The van der Waals surface area contributed by atoms with Crippen LogP contribution >= 0.6 is 0 Å². The molecule has 0 aromatic carbocycles. The maximum absolute atomic E-state index is 11.2. The fraction of sp³-hybridized carbons (Fsp3) is 0.625. The maximum Gasteiger partial charge on any atom is 0.257 e. The summed E-state index contributed by atoms with van der Waals surface area (Å²) in [5, 5.41) is 12.3. The number of nitrogens with one attached hydrogen (secondary N) is 1. The molecule has 84 valence electrons. The van der Waals surface area contributed by atoms with Gasteiger partial charge in [0.1, 0.15) is 0 Å². The van der Waals surface area contributed by atoms with Crippen LogP contribution in [0.15, 0.2) is 5.03 Å². The van der Waals surface area contributed by atoms with Crippen molar-refractivity contribution in [1.82, 2.24) is 15.1 Å². The molecule has 2 heterocycles. The van der Waals surface area contributed by atoms with E-state index < -0.39 is 10.0 Å². The molecule has 7 heteroatoms. The summed E-state index contributed by atoms with van der Waals surface area (Å²) in [6.07, 6.45) is 0.943. The smallest absolute Gasteiger partial charge is 0.257 e. The third-order valence-corrected chi connectivity index (χ3v) is 3.49. The second-order valence-corrected chi connectivity index (χ2v) is 5.15. The molecule has 0 unspecified atom stereocenters. The number of hydrogen-bond acceptors (Lipinski definition) is 4. The van der Waals surface area contributed by atoms with Crippen molar-refractivity contribution in [3.63, 3.8) is 0 Å². The average molecular weight is 230 g/mol. The van der Waals surface area contributed by atoms with Crippen molar-refractivity contribution in [3.05, 3.63) is 11.3 Å². The van der Waals surface area contributed by atoms with Crippen molar-refractivity contribution in [3.8, 4) is 0 Å². The number of aromatic nitrogens is 2. The normalized spacial score (nSPS) is 17.2. The molecule has 0 aliphatic carbocycles. The number of fused-ring (bicyclic) bond motifs is 1. The molecule has 0 radical (unpaired) electrons. The molecular formula is C8H14N4O2S. The van der Waals surface area contributed by atoms with Gasteiger partial charge in [-0.05, 0) is 19.9 Å². The van der Waals surface area contributed by atoms with Gasteiger partial charge in [-0.25, -0.2) is 13.6 Å². The van der Waals surface area contributed by atoms with Crippen LogP contribution in [-0.2, 0) is 23.1 Å². The minimum Gasteiger partial charge on any atom is -0.311 e. The monoisotopic (exact) mass is 230 g/mol. The van der Waals surface area contributed by atoms with E-state index in [4.69, 9.17) is 5.14 Å². The number of aryl methyl sites for hydroxylation is 1. The van der Waals surface area contributed by atoms with Gasteiger partial charge in [0.25, 0.3) is 10.0 Å². The number of rotatable bonds is 1. The standard InChI is InChI=1S/C8H14N4O2S/c1-6-7-5-10-3-2-4-12(7)11-8(6)15(9,13)14/h10H,2-5H2,1H3,(H2,9,13,14). The number of hydrogen-bond donors (Lipinski definition) is 2. The molecule has 0 bridgehead atoms. The van der Waals surface area contributed by atoms with E-state index >= 15 is 0 Å². The predicted molar refractivity (Wildman–Crippen MR) is 54.7 cm³/mol. The quantitative estimate of drug-likeness (QED) is 0.669. The van der Waals surface area contributed by atoms with Crippen LogP contribution in [0, 0.1) is 6.92 Å². The highest BCUT2D eigenvalue weighted by Gasteiger charge is 2.22. The molecule has 15 heavy (non-hydrogen) atoms. The lowest BCUT2D eigenvalue weighted by atomic mass is 10.3. The first kappa shape index (κ1) is 10.6. The van der Waals surface area contributed by atoms with Gasteiger partial charge in [0.15, 0.2) is 5.03 Å². The van der Waals surface area contributed by atoms with E-state index in [0.29, 0.717) is 12.1 Å². The SMILES string of the molecule is Cc1c(S(N)(=O)=O)nn2c1CNCCC2. The minimum atomic E-state index is -3.70. The molecule has 2 rings (SSSR count). The Hall–Kier alpha value is -0.920. The highest BCUT2D eigenvalue weighted by molar-refractivity contribution is 7.89. The van der Waals surface area contributed by atoms with E-state index in [9.17, 15) is 8.42 Å². The Bertz CT molecular complexity index is 477. The molecule has 6 nitrogen and oxygen atoms in total. The third kappa shape index (κ3) is 1.90. The van der Waals surface area contributed by atoms with E-state index in [1.54, 1.807) is 11.6 Å². The maximum atomic E-state index is 11.2. The lowest BCUT2D eigenvalue weighted by molar-refractivity contribution is 0.560. The van der Waals surface area contributed by atoms with Crippen LogP contribution in [0.1, 0.15) is 17.7 Å². The van der Waals surface area contributed by atoms with Gasteiger partial charge in [-0.2, -0.15) is 5.10 Å². The Morgan fingerprint density at radius 3 is 2.93 bits per heavy atom. The zero-order valence-corrected chi connectivity index (χ0v) is 9.34. The van der Waals surface area contributed by atoms with Crippen LogP contribution in [0.5, 0.6) is 0 Å². The summed E-state index contributed by atoms with van der Waals surface area (Å²) in [6.45, 7) is 4.05. The van der Waals surface area contributed by atoms with Crippen molar-refractivity contribution in [2.75, 3.05) is 6.54 Å². The molecule has 0 saturated carbocycles. The zero-order valence-electron chi connectivity index (χ0n) is 8.52. The van der Waals surface area contributed by atoms with E-state index in [0.717, 1.165) is 25.2 Å². The van der Waals surface area contributed by atoms with Crippen molar-refractivity contribution >= 4 is 10.0 Å². The van der Waals surface area contributed by atoms with Crippen LogP contribution in [0.25, 0.3) is 0 Å². The summed E-state index contributed by atoms with van der Waals surface area (Å²) in [4.78, 5) is 0. The van der Waals surface area contributed by atoms with Gasteiger partial charge < -0.3 is 5.32 Å². The van der Waals surface area contributed by atoms with Crippen LogP contribution in [-0.4, -0.2) is 24.7 Å². The lowest BCUT2D eigenvalue weighted by Crippen LogP contribution is -2.15. The third-order valence-electron chi connectivity index (χ3n) is 2.56. The summed E-state index contributed by atoms with van der Waals surface area (Å²) in [5.41, 5.74) is 1.57. The minimum absolute atomic E-state index is 0.00111. The second-order valence-electron chi connectivity index (χ2n) is 3.68. The van der Waals surface area contributed by atoms with Crippen molar-refractivity contribution in [1.29, 1.82) is 0 Å². The zero-order chi connectivity index (χ0) is 11.1. The Morgan fingerprint density at radius 1 is 1.53 bits per heavy atom. The summed E-state index contributed by atoms with van der Waals surface area (Å²) in [5.74, 6) is 0. The Kier molecular flexibility index (Phi) is 2.53. The molecule has 1 aliphatic rings. The first-order chi connectivity index (χ1) is 7.00. The summed E-state index contributed by atoms with van der Waals surface area (Å²) in [7, 11) is -3.70. The van der Waals surface area contributed by atoms with E-state index in [2.05, 4.69) is 10.4 Å². The van der Waals surface area contributed by atoms with Gasteiger partial charge in [0, 0.05) is 18.7 Å². The van der Waals surface area contributed by atoms with Gasteiger partial charge >= 0.3 is 0 Å². The first-order valence-electron chi connectivity index (χ1n) is 4.80. The molecule has 0 saturated heterocycles. The topological polar surface area (TPSA) is 90.0 Å². The largest absolute Gasteiger partial charge is 0.311 e. The van der Waals surface area contributed by atoms with Gasteiger partial charge in [0.2, 0.25) is 0 Å². The van der Waals surface area contributed by atoms with Crippen LogP contribution in [0.3, 0.4) is 0 Å². The van der Waals surface area contributed by atoms with Crippen LogP contribution in [0.4, 0.5) is 0 Å². The van der Waals surface area contributed by atoms with E-state index in [1.807, 2.05) is 0 Å². The molecule has 3 N–H and O–H groups in total. The van der Waals surface area contributed by atoms with Gasteiger partial charge in [-0.3, -0.25) is 4.68 Å². The number of primary sulfonamides is 1. The van der Waals surface area contributed by atoms with Crippen molar-refractivity contribution < 1.29 is 8.42 Å². The molecule has 1 aromatic heterocycles.